The third-order valence-corrected chi connectivity index (χ3v) is 3.01. The predicted octanol–water partition coefficient (Wildman–Crippen LogP) is 1.40. The van der Waals surface area contributed by atoms with Crippen LogP contribution in [0.5, 0.6) is 0 Å². The molecule has 1 heterocycles. The van der Waals surface area contributed by atoms with Gasteiger partial charge in [-0.05, 0) is 18.2 Å². The van der Waals surface area contributed by atoms with E-state index in [0.29, 0.717) is 11.5 Å². The van der Waals surface area contributed by atoms with Crippen LogP contribution in [0, 0.1) is 0 Å². The summed E-state index contributed by atoms with van der Waals surface area (Å²) in [5.41, 5.74) is 7.13. The van der Waals surface area contributed by atoms with Gasteiger partial charge in [-0.25, -0.2) is 4.98 Å². The molecule has 0 saturated heterocycles. The summed E-state index contributed by atoms with van der Waals surface area (Å²) in [6.45, 7) is 0. The minimum atomic E-state index is 0.0712. The van der Waals surface area contributed by atoms with Gasteiger partial charge in [0.1, 0.15) is 5.82 Å². The molecule has 0 spiro atoms. The number of oxime groups is 1. The zero-order valence-corrected chi connectivity index (χ0v) is 12.2. The SMILES string of the molecule is CN(C)c1nccc(N(C)c2cccc(C(N)=NO)c2)n1. The van der Waals surface area contributed by atoms with Gasteiger partial charge >= 0.3 is 0 Å². The van der Waals surface area contributed by atoms with E-state index in [2.05, 4.69) is 15.1 Å². The zero-order valence-electron chi connectivity index (χ0n) is 12.2. The molecule has 1 aromatic heterocycles. The Labute approximate surface area is 123 Å². The highest BCUT2D eigenvalue weighted by Gasteiger charge is 2.09. The summed E-state index contributed by atoms with van der Waals surface area (Å²) in [5, 5.41) is 11.8. The molecule has 7 heteroatoms. The molecule has 0 fully saturated rings. The largest absolute Gasteiger partial charge is 0.409 e. The van der Waals surface area contributed by atoms with Gasteiger partial charge < -0.3 is 20.7 Å². The Morgan fingerprint density at radius 1 is 1.24 bits per heavy atom. The fourth-order valence-electron chi connectivity index (χ4n) is 1.81. The number of benzene rings is 1. The normalized spacial score (nSPS) is 11.3. The van der Waals surface area contributed by atoms with E-state index in [1.165, 1.54) is 0 Å². The number of amidine groups is 1. The first-order valence-corrected chi connectivity index (χ1v) is 6.35. The average molecular weight is 286 g/mol. The highest BCUT2D eigenvalue weighted by Crippen LogP contribution is 2.23. The van der Waals surface area contributed by atoms with Crippen molar-refractivity contribution in [3.8, 4) is 0 Å². The minimum Gasteiger partial charge on any atom is -0.409 e. The second kappa shape index (κ2) is 6.08. The van der Waals surface area contributed by atoms with Gasteiger partial charge in [-0.15, -0.1) is 0 Å². The third-order valence-electron chi connectivity index (χ3n) is 3.01. The molecule has 110 valence electrons. The molecule has 3 N–H and O–H groups in total. The Morgan fingerprint density at radius 3 is 2.67 bits per heavy atom. The molecule has 0 radical (unpaired) electrons. The number of aromatic nitrogens is 2. The summed E-state index contributed by atoms with van der Waals surface area (Å²) in [4.78, 5) is 12.4. The predicted molar refractivity (Wildman–Crippen MR) is 83.4 cm³/mol. The summed E-state index contributed by atoms with van der Waals surface area (Å²) < 4.78 is 0. The Balaban J connectivity index is 2.36. The Hall–Kier alpha value is -2.83. The van der Waals surface area contributed by atoms with Gasteiger partial charge in [0.2, 0.25) is 5.95 Å². The van der Waals surface area contributed by atoms with Crippen LogP contribution in [0.25, 0.3) is 0 Å². The maximum Gasteiger partial charge on any atom is 0.226 e. The number of nitrogens with zero attached hydrogens (tertiary/aromatic N) is 5. The van der Waals surface area contributed by atoms with Crippen LogP contribution in [0.4, 0.5) is 17.5 Å². The molecular formula is C14H18N6O. The van der Waals surface area contributed by atoms with Crippen LogP contribution in [0.1, 0.15) is 5.56 Å². The van der Waals surface area contributed by atoms with Gasteiger partial charge in [-0.2, -0.15) is 4.98 Å². The molecule has 0 amide bonds. The van der Waals surface area contributed by atoms with Gasteiger partial charge in [-0.3, -0.25) is 0 Å². The quantitative estimate of drug-likeness (QED) is 0.382. The Bertz CT molecular complexity index is 655. The first-order valence-electron chi connectivity index (χ1n) is 6.35. The second-order valence-corrected chi connectivity index (χ2v) is 4.70. The highest BCUT2D eigenvalue weighted by molar-refractivity contribution is 5.97. The molecule has 2 rings (SSSR count). The second-order valence-electron chi connectivity index (χ2n) is 4.70. The lowest BCUT2D eigenvalue weighted by molar-refractivity contribution is 0.318. The fourth-order valence-corrected chi connectivity index (χ4v) is 1.81. The summed E-state index contributed by atoms with van der Waals surface area (Å²) in [7, 11) is 5.67. The van der Waals surface area contributed by atoms with Gasteiger partial charge in [0, 0.05) is 38.6 Å². The molecule has 0 aliphatic heterocycles. The van der Waals surface area contributed by atoms with Crippen LogP contribution < -0.4 is 15.5 Å². The number of hydrogen-bond acceptors (Lipinski definition) is 6. The van der Waals surface area contributed by atoms with Crippen molar-refractivity contribution in [3.63, 3.8) is 0 Å². The Kier molecular flexibility index (Phi) is 4.22. The standard InChI is InChI=1S/C14H18N6O/c1-19(2)14-16-8-7-12(17-14)20(3)11-6-4-5-10(9-11)13(15)18-21/h4-9,21H,1-3H3,(H2,15,18). The van der Waals surface area contributed by atoms with E-state index in [4.69, 9.17) is 10.9 Å². The van der Waals surface area contributed by atoms with Crippen molar-refractivity contribution >= 4 is 23.3 Å². The molecule has 1 aromatic carbocycles. The lowest BCUT2D eigenvalue weighted by atomic mass is 10.2. The molecule has 0 atom stereocenters. The van der Waals surface area contributed by atoms with Gasteiger partial charge in [0.15, 0.2) is 5.84 Å². The molecule has 7 nitrogen and oxygen atoms in total. The molecule has 2 aromatic rings. The van der Waals surface area contributed by atoms with Crippen LogP contribution in [0.3, 0.4) is 0 Å². The summed E-state index contributed by atoms with van der Waals surface area (Å²) in [6.07, 6.45) is 1.71. The van der Waals surface area contributed by atoms with Crippen molar-refractivity contribution in [2.75, 3.05) is 30.9 Å². The van der Waals surface area contributed by atoms with Crippen molar-refractivity contribution in [1.82, 2.24) is 9.97 Å². The maximum atomic E-state index is 8.76. The smallest absolute Gasteiger partial charge is 0.226 e. The molecule has 0 aliphatic carbocycles. The van der Waals surface area contributed by atoms with E-state index in [1.54, 1.807) is 12.3 Å². The van der Waals surface area contributed by atoms with Crippen molar-refractivity contribution in [3.05, 3.63) is 42.1 Å². The molecule has 0 bridgehead atoms. The number of rotatable bonds is 4. The molecule has 0 unspecified atom stereocenters. The number of hydrogen-bond donors (Lipinski definition) is 2. The van der Waals surface area contributed by atoms with E-state index in [9.17, 15) is 0 Å². The average Bonchev–Trinajstić information content (AvgIpc) is 2.53. The molecule has 0 aliphatic rings. The van der Waals surface area contributed by atoms with Crippen molar-refractivity contribution in [1.29, 1.82) is 0 Å². The van der Waals surface area contributed by atoms with E-state index in [-0.39, 0.29) is 5.84 Å². The first kappa shape index (κ1) is 14.6. The van der Waals surface area contributed by atoms with Crippen molar-refractivity contribution in [2.45, 2.75) is 0 Å². The first-order chi connectivity index (χ1) is 10.0. The fraction of sp³-hybridized carbons (Fsp3) is 0.214. The van der Waals surface area contributed by atoms with Gasteiger partial charge in [0.05, 0.1) is 0 Å². The monoisotopic (exact) mass is 286 g/mol. The van der Waals surface area contributed by atoms with Crippen LogP contribution in [0.2, 0.25) is 0 Å². The maximum absolute atomic E-state index is 8.76. The van der Waals surface area contributed by atoms with Crippen LogP contribution in [0.15, 0.2) is 41.7 Å². The molecule has 21 heavy (non-hydrogen) atoms. The van der Waals surface area contributed by atoms with Crippen molar-refractivity contribution in [2.24, 2.45) is 10.9 Å². The summed E-state index contributed by atoms with van der Waals surface area (Å²) >= 11 is 0. The number of anilines is 3. The van der Waals surface area contributed by atoms with Crippen LogP contribution in [-0.4, -0.2) is 42.2 Å². The minimum absolute atomic E-state index is 0.0712. The van der Waals surface area contributed by atoms with E-state index in [1.807, 2.05) is 55.2 Å². The van der Waals surface area contributed by atoms with Gasteiger partial charge in [-0.1, -0.05) is 17.3 Å². The van der Waals surface area contributed by atoms with E-state index >= 15 is 0 Å². The molecule has 0 saturated carbocycles. The van der Waals surface area contributed by atoms with Gasteiger partial charge in [0.25, 0.3) is 0 Å². The summed E-state index contributed by atoms with van der Waals surface area (Å²) in [5.74, 6) is 1.46. The molecular weight excluding hydrogens is 268 g/mol. The highest BCUT2D eigenvalue weighted by atomic mass is 16.4. The van der Waals surface area contributed by atoms with Crippen LogP contribution >= 0.6 is 0 Å². The third kappa shape index (κ3) is 3.19. The number of nitrogens with two attached hydrogens (primary N) is 1. The topological polar surface area (TPSA) is 90.9 Å². The van der Waals surface area contributed by atoms with E-state index < -0.39 is 0 Å². The zero-order chi connectivity index (χ0) is 15.4. The Morgan fingerprint density at radius 2 is 2.00 bits per heavy atom. The van der Waals surface area contributed by atoms with Crippen molar-refractivity contribution < 1.29 is 5.21 Å². The van der Waals surface area contributed by atoms with E-state index in [0.717, 1.165) is 11.5 Å². The lowest BCUT2D eigenvalue weighted by Crippen LogP contribution is -2.18. The summed E-state index contributed by atoms with van der Waals surface area (Å²) in [6, 6.07) is 9.19. The lowest BCUT2D eigenvalue weighted by Gasteiger charge is -2.20. The van der Waals surface area contributed by atoms with Crippen LogP contribution in [-0.2, 0) is 0 Å².